The SMILES string of the molecule is Cc1cc(C)n(-c2cncc(NCC(C)(C)N3CC(C)OC(C)C3)n2)n1. The van der Waals surface area contributed by atoms with Crippen LogP contribution in [0.3, 0.4) is 0 Å². The van der Waals surface area contributed by atoms with Gasteiger partial charge in [0.05, 0.1) is 30.3 Å². The highest BCUT2D eigenvalue weighted by Crippen LogP contribution is 2.22. The standard InChI is InChI=1S/C19H30N6O/c1-13-7-14(2)25(23-13)18-9-20-8-17(22-18)21-12-19(5,6)24-10-15(3)26-16(4)11-24/h7-9,15-16H,10-12H2,1-6H3,(H,21,22). The Bertz CT molecular complexity index is 746. The van der Waals surface area contributed by atoms with Crippen molar-refractivity contribution < 1.29 is 4.74 Å². The molecule has 3 rings (SSSR count). The number of morpholine rings is 1. The van der Waals surface area contributed by atoms with Gasteiger partial charge in [-0.25, -0.2) is 9.67 Å². The number of aromatic nitrogens is 4. The molecule has 3 heterocycles. The molecule has 1 fully saturated rings. The van der Waals surface area contributed by atoms with Gasteiger partial charge in [0.25, 0.3) is 0 Å². The molecular weight excluding hydrogens is 328 g/mol. The van der Waals surface area contributed by atoms with Crippen LogP contribution >= 0.6 is 0 Å². The topological polar surface area (TPSA) is 68.1 Å². The van der Waals surface area contributed by atoms with Gasteiger partial charge in [0.2, 0.25) is 0 Å². The monoisotopic (exact) mass is 358 g/mol. The van der Waals surface area contributed by atoms with Gasteiger partial charge >= 0.3 is 0 Å². The molecule has 26 heavy (non-hydrogen) atoms. The van der Waals surface area contributed by atoms with Crippen molar-refractivity contribution in [2.24, 2.45) is 0 Å². The van der Waals surface area contributed by atoms with E-state index < -0.39 is 0 Å². The molecule has 142 valence electrons. The van der Waals surface area contributed by atoms with Gasteiger partial charge in [-0.2, -0.15) is 5.10 Å². The molecule has 0 spiro atoms. The second kappa shape index (κ2) is 7.32. The van der Waals surface area contributed by atoms with E-state index in [2.05, 4.69) is 53.0 Å². The van der Waals surface area contributed by atoms with Crippen molar-refractivity contribution in [3.63, 3.8) is 0 Å². The number of hydrogen-bond donors (Lipinski definition) is 1. The fraction of sp³-hybridized carbons (Fsp3) is 0.632. The maximum atomic E-state index is 5.86. The lowest BCUT2D eigenvalue weighted by molar-refractivity contribution is -0.0933. The third-order valence-electron chi connectivity index (χ3n) is 4.83. The van der Waals surface area contributed by atoms with E-state index in [-0.39, 0.29) is 17.7 Å². The van der Waals surface area contributed by atoms with Crippen molar-refractivity contribution in [1.29, 1.82) is 0 Å². The van der Waals surface area contributed by atoms with E-state index in [1.54, 1.807) is 12.4 Å². The molecule has 0 saturated carbocycles. The van der Waals surface area contributed by atoms with E-state index in [1.165, 1.54) is 0 Å². The summed E-state index contributed by atoms with van der Waals surface area (Å²) < 4.78 is 7.68. The van der Waals surface area contributed by atoms with Crippen molar-refractivity contribution in [3.8, 4) is 5.82 Å². The lowest BCUT2D eigenvalue weighted by Crippen LogP contribution is -2.57. The van der Waals surface area contributed by atoms with E-state index in [0.29, 0.717) is 0 Å². The second-order valence-corrected chi connectivity index (χ2v) is 7.93. The van der Waals surface area contributed by atoms with E-state index >= 15 is 0 Å². The average Bonchev–Trinajstić information content (AvgIpc) is 2.91. The summed E-state index contributed by atoms with van der Waals surface area (Å²) in [6, 6.07) is 2.03. The Morgan fingerprint density at radius 2 is 1.88 bits per heavy atom. The molecule has 7 heteroatoms. The first-order valence-electron chi connectivity index (χ1n) is 9.24. The highest BCUT2D eigenvalue weighted by molar-refractivity contribution is 5.37. The Morgan fingerprint density at radius 1 is 1.19 bits per heavy atom. The molecule has 0 aromatic carbocycles. The summed E-state index contributed by atoms with van der Waals surface area (Å²) in [5.41, 5.74) is 2.01. The van der Waals surface area contributed by atoms with E-state index in [0.717, 1.165) is 42.7 Å². The summed E-state index contributed by atoms with van der Waals surface area (Å²) in [6.07, 6.45) is 4.01. The summed E-state index contributed by atoms with van der Waals surface area (Å²) in [7, 11) is 0. The van der Waals surface area contributed by atoms with Gasteiger partial charge < -0.3 is 10.1 Å². The van der Waals surface area contributed by atoms with Crippen molar-refractivity contribution in [2.75, 3.05) is 25.0 Å². The van der Waals surface area contributed by atoms with Crippen molar-refractivity contribution in [1.82, 2.24) is 24.6 Å². The summed E-state index contributed by atoms with van der Waals surface area (Å²) in [5.74, 6) is 1.49. The van der Waals surface area contributed by atoms with Crippen LogP contribution in [0.5, 0.6) is 0 Å². The Morgan fingerprint density at radius 3 is 2.50 bits per heavy atom. The van der Waals surface area contributed by atoms with Crippen LogP contribution in [0, 0.1) is 13.8 Å². The third kappa shape index (κ3) is 4.22. The molecule has 1 saturated heterocycles. The van der Waals surface area contributed by atoms with Gasteiger partial charge in [0, 0.05) is 30.9 Å². The first-order valence-corrected chi connectivity index (χ1v) is 9.24. The lowest BCUT2D eigenvalue weighted by Gasteiger charge is -2.45. The van der Waals surface area contributed by atoms with Crippen molar-refractivity contribution in [3.05, 3.63) is 29.8 Å². The quantitative estimate of drug-likeness (QED) is 0.886. The maximum Gasteiger partial charge on any atom is 0.174 e. The molecule has 2 atom stereocenters. The van der Waals surface area contributed by atoms with Crippen LogP contribution < -0.4 is 5.32 Å². The minimum absolute atomic E-state index is 0.0117. The van der Waals surface area contributed by atoms with Crippen LogP contribution in [0.4, 0.5) is 5.82 Å². The minimum Gasteiger partial charge on any atom is -0.373 e. The molecule has 0 bridgehead atoms. The predicted octanol–water partition coefficient (Wildman–Crippen LogP) is 2.58. The molecule has 0 radical (unpaired) electrons. The summed E-state index contributed by atoms with van der Waals surface area (Å²) in [6.45, 7) is 15.4. The predicted molar refractivity (Wildman–Crippen MR) is 103 cm³/mol. The zero-order chi connectivity index (χ0) is 18.9. The first kappa shape index (κ1) is 18.8. The number of hydrogen-bond acceptors (Lipinski definition) is 6. The Balaban J connectivity index is 1.69. The van der Waals surface area contributed by atoms with Crippen LogP contribution in [0.15, 0.2) is 18.5 Å². The summed E-state index contributed by atoms with van der Waals surface area (Å²) >= 11 is 0. The molecule has 2 aromatic rings. The van der Waals surface area contributed by atoms with E-state index in [4.69, 9.17) is 4.74 Å². The lowest BCUT2D eigenvalue weighted by atomic mass is 10.00. The molecule has 1 aliphatic rings. The van der Waals surface area contributed by atoms with Crippen LogP contribution in [0.1, 0.15) is 39.1 Å². The number of anilines is 1. The van der Waals surface area contributed by atoms with Crippen molar-refractivity contribution in [2.45, 2.75) is 59.3 Å². The van der Waals surface area contributed by atoms with Crippen LogP contribution in [0.25, 0.3) is 5.82 Å². The van der Waals surface area contributed by atoms with Gasteiger partial charge in [0.1, 0.15) is 5.82 Å². The van der Waals surface area contributed by atoms with Gasteiger partial charge in [-0.05, 0) is 47.6 Å². The fourth-order valence-corrected chi connectivity index (χ4v) is 3.49. The van der Waals surface area contributed by atoms with E-state index in [9.17, 15) is 0 Å². The molecular formula is C19H30N6O. The zero-order valence-corrected chi connectivity index (χ0v) is 16.7. The molecule has 2 unspecified atom stereocenters. The first-order chi connectivity index (χ1) is 12.2. The molecule has 2 aromatic heterocycles. The summed E-state index contributed by atoms with van der Waals surface area (Å²) in [4.78, 5) is 11.5. The molecule has 1 aliphatic heterocycles. The van der Waals surface area contributed by atoms with Gasteiger partial charge in [-0.1, -0.05) is 0 Å². The number of nitrogens with one attached hydrogen (secondary N) is 1. The van der Waals surface area contributed by atoms with E-state index in [1.807, 2.05) is 24.6 Å². The second-order valence-electron chi connectivity index (χ2n) is 7.93. The van der Waals surface area contributed by atoms with Crippen LogP contribution in [0.2, 0.25) is 0 Å². The largest absolute Gasteiger partial charge is 0.373 e. The summed E-state index contributed by atoms with van der Waals surface area (Å²) in [5, 5.41) is 7.94. The number of rotatable bonds is 5. The third-order valence-corrected chi connectivity index (χ3v) is 4.83. The Hall–Kier alpha value is -1.99. The van der Waals surface area contributed by atoms with Crippen LogP contribution in [-0.4, -0.2) is 62.0 Å². The maximum absolute atomic E-state index is 5.86. The van der Waals surface area contributed by atoms with Crippen LogP contribution in [-0.2, 0) is 4.74 Å². The zero-order valence-electron chi connectivity index (χ0n) is 16.7. The van der Waals surface area contributed by atoms with Gasteiger partial charge in [-0.15, -0.1) is 0 Å². The molecule has 1 N–H and O–H groups in total. The minimum atomic E-state index is -0.0117. The Kier molecular flexibility index (Phi) is 5.29. The highest BCUT2D eigenvalue weighted by Gasteiger charge is 2.33. The smallest absolute Gasteiger partial charge is 0.174 e. The molecule has 7 nitrogen and oxygen atoms in total. The molecule has 0 amide bonds. The number of ether oxygens (including phenoxy) is 1. The van der Waals surface area contributed by atoms with Gasteiger partial charge in [0.15, 0.2) is 5.82 Å². The highest BCUT2D eigenvalue weighted by atomic mass is 16.5. The fourth-order valence-electron chi connectivity index (χ4n) is 3.49. The Labute approximate surface area is 155 Å². The average molecular weight is 358 g/mol. The normalized spacial score (nSPS) is 21.8. The molecule has 0 aliphatic carbocycles. The number of aryl methyl sites for hydroxylation is 2. The van der Waals surface area contributed by atoms with Gasteiger partial charge in [-0.3, -0.25) is 9.88 Å². The number of nitrogens with zero attached hydrogens (tertiary/aromatic N) is 5. The van der Waals surface area contributed by atoms with Crippen molar-refractivity contribution >= 4 is 5.82 Å².